The second-order valence-corrected chi connectivity index (χ2v) is 26.1. The number of nitrogens with one attached hydrogen (secondary N) is 5. The van der Waals surface area contributed by atoms with E-state index < -0.39 is 132 Å². The number of carbonyl (C=O) groups excluding carboxylic acids is 9. The van der Waals surface area contributed by atoms with E-state index in [1.807, 2.05) is 38.1 Å². The Kier molecular flexibility index (Phi) is 20.7. The van der Waals surface area contributed by atoms with Gasteiger partial charge in [0.05, 0.1) is 34.3 Å². The second-order valence-electron chi connectivity index (χ2n) is 23.7. The third-order valence-corrected chi connectivity index (χ3v) is 17.9. The summed E-state index contributed by atoms with van der Waals surface area (Å²) in [6, 6.07) is 7.66. The van der Waals surface area contributed by atoms with E-state index in [1.54, 1.807) is 26.3 Å². The van der Waals surface area contributed by atoms with Gasteiger partial charge in [0.25, 0.3) is 11.4 Å². The van der Waals surface area contributed by atoms with Gasteiger partial charge >= 0.3 is 7.60 Å². The Balaban J connectivity index is 0.882. The number of aliphatic hydroxyl groups excluding tert-OH is 1. The van der Waals surface area contributed by atoms with Gasteiger partial charge in [-0.25, -0.2) is 13.8 Å². The van der Waals surface area contributed by atoms with E-state index in [0.717, 1.165) is 33.8 Å². The van der Waals surface area contributed by atoms with Crippen LogP contribution in [-0.4, -0.2) is 161 Å². The molecule has 5 heterocycles. The molecule has 8 amide bonds. The van der Waals surface area contributed by atoms with Gasteiger partial charge in [0.1, 0.15) is 42.3 Å². The third kappa shape index (κ3) is 15.8. The summed E-state index contributed by atoms with van der Waals surface area (Å²) in [5.41, 5.74) is 7.43. The summed E-state index contributed by atoms with van der Waals surface area (Å²) in [6.45, 7) is 9.48. The summed E-state index contributed by atoms with van der Waals surface area (Å²) >= 11 is 1.52. The van der Waals surface area contributed by atoms with Crippen molar-refractivity contribution in [1.82, 2.24) is 45.9 Å². The molecule has 0 radical (unpaired) electrons. The number of H-pyrrole nitrogens is 1. The summed E-state index contributed by atoms with van der Waals surface area (Å²) in [7, 11) is -5.12. The van der Waals surface area contributed by atoms with E-state index >= 15 is 8.78 Å². The van der Waals surface area contributed by atoms with Crippen LogP contribution in [0, 0.1) is 24.0 Å². The predicted molar refractivity (Wildman–Crippen MR) is 318 cm³/mol. The molecule has 3 aromatic carbocycles. The van der Waals surface area contributed by atoms with Gasteiger partial charge in [0, 0.05) is 74.4 Å². The number of rotatable bonds is 22. The number of primary amides is 1. The molecular formula is C60H73F2N10O14PS. The number of hydrogen-bond donors (Lipinski definition) is 9. The maximum Gasteiger partial charge on any atom is 0.396 e. The van der Waals surface area contributed by atoms with Gasteiger partial charge in [-0.3, -0.25) is 47.7 Å². The van der Waals surface area contributed by atoms with E-state index in [2.05, 4.69) is 31.2 Å². The standard InChI is InChI=1S/C60H73F2N10O14PS/c1-31(34-10-12-35(13-11-34)52-32(2)64-30-88-52)65-56(79)47-26-42(74)27-71(47)58(81)53(60(4,5)6)69-50(76)9-7-8-36-23-39(61)25-48(51(36)62)86-29-40(15-19-49(63)75)66-55(78)46-18-16-41-20-21-70(33(3)73)28-45(57(80)72(41)46)68-54(77)44-24-38-22-37(14-17-43(38)67-44)59(82)87(83,84)85/h10-14,17,22-25,30-31,40-42,45-47,53,67,74H,7-9,15-16,18-21,26-29H2,1-6H3,(H2,63,75)(H,65,79)(H,66,78)(H,68,77)(H,69,76)(H2,83,84,85)/t31-,40-,41+,42+,45-,46-,47-,53+/m0/s1. The molecule has 3 saturated heterocycles. The first-order valence-corrected chi connectivity index (χ1v) is 31.4. The zero-order valence-corrected chi connectivity index (χ0v) is 51.2. The van der Waals surface area contributed by atoms with Crippen molar-refractivity contribution in [3.05, 3.63) is 106 Å². The van der Waals surface area contributed by atoms with Crippen LogP contribution in [0.1, 0.15) is 130 Å². The number of hydrogen-bond acceptors (Lipinski definition) is 14. The summed E-state index contributed by atoms with van der Waals surface area (Å²) < 4.78 is 48.9. The molecule has 0 bridgehead atoms. The molecule has 88 heavy (non-hydrogen) atoms. The van der Waals surface area contributed by atoms with Crippen molar-refractivity contribution in [2.75, 3.05) is 26.2 Å². The Morgan fingerprint density at radius 1 is 0.920 bits per heavy atom. The zero-order chi connectivity index (χ0) is 64.1. The zero-order valence-electron chi connectivity index (χ0n) is 49.5. The summed E-state index contributed by atoms with van der Waals surface area (Å²) in [5, 5.41) is 22.2. The number of aromatic amines is 1. The topological polar surface area (TPSA) is 353 Å². The van der Waals surface area contributed by atoms with Crippen molar-refractivity contribution in [3.8, 4) is 16.2 Å². The number of amides is 8. The number of nitrogens with zero attached hydrogens (tertiary/aromatic N) is 4. The van der Waals surface area contributed by atoms with Gasteiger partial charge in [-0.15, -0.1) is 11.3 Å². The molecule has 10 N–H and O–H groups in total. The van der Waals surface area contributed by atoms with Gasteiger partial charge in [-0.05, 0) is 105 Å². The molecule has 472 valence electrons. The van der Waals surface area contributed by atoms with Gasteiger partial charge in [0.2, 0.25) is 41.4 Å². The highest BCUT2D eigenvalue weighted by Crippen LogP contribution is 2.40. The fraction of sp³-hybridized carbons (Fsp3) is 0.467. The maximum absolute atomic E-state index is 16.2. The Bertz CT molecular complexity index is 3550. The monoisotopic (exact) mass is 1260 g/mol. The quantitative estimate of drug-likeness (QED) is 0.0433. The lowest BCUT2D eigenvalue weighted by molar-refractivity contribution is -0.145. The molecule has 3 aliphatic rings. The van der Waals surface area contributed by atoms with Crippen LogP contribution in [0.5, 0.6) is 5.75 Å². The number of ether oxygens (including phenoxy) is 1. The number of aliphatic hydroxyl groups is 1. The number of aromatic nitrogens is 2. The molecular weight excluding hydrogens is 1190 g/mol. The number of nitrogens with two attached hydrogens (primary N) is 1. The normalized spacial score (nSPS) is 19.9. The molecule has 28 heteroatoms. The van der Waals surface area contributed by atoms with Crippen molar-refractivity contribution in [3.63, 3.8) is 0 Å². The minimum absolute atomic E-state index is 0.0179. The van der Waals surface area contributed by atoms with E-state index in [9.17, 15) is 62.6 Å². The van der Waals surface area contributed by atoms with E-state index in [1.165, 1.54) is 57.2 Å². The highest BCUT2D eigenvalue weighted by Gasteiger charge is 2.47. The van der Waals surface area contributed by atoms with Gasteiger partial charge in [0.15, 0.2) is 11.6 Å². The van der Waals surface area contributed by atoms with Gasteiger partial charge in [-0.2, -0.15) is 0 Å². The SMILES string of the molecule is CC(=O)N1CC[C@H]2CC[C@@H](C(=O)N[C@@H](CCC(N)=O)COc3cc(F)cc(CCCC(=O)N[C@H](C(=O)N4C[C@H](O)C[C@H]4C(=O)N[C@@H](C)c4ccc(-c5scnc5C)cc4)C(C)(C)C)c3F)N2C(=O)[C@@H](NC(=O)c2cc3cc(C(=O)P(=O)(O)O)ccc3[nH]2)C1. The summed E-state index contributed by atoms with van der Waals surface area (Å²) in [5.74, 6) is -7.38. The first kappa shape index (κ1) is 66.0. The van der Waals surface area contributed by atoms with Crippen molar-refractivity contribution in [1.29, 1.82) is 0 Å². The highest BCUT2D eigenvalue weighted by molar-refractivity contribution is 7.70. The fourth-order valence-corrected chi connectivity index (χ4v) is 12.7. The summed E-state index contributed by atoms with van der Waals surface area (Å²) in [6.07, 6.45) is -1.09. The smallest absolute Gasteiger partial charge is 0.396 e. The van der Waals surface area contributed by atoms with Crippen LogP contribution >= 0.6 is 18.9 Å². The molecule has 0 spiro atoms. The Labute approximate surface area is 509 Å². The lowest BCUT2D eigenvalue weighted by Gasteiger charge is -2.38. The summed E-state index contributed by atoms with van der Waals surface area (Å²) in [4.78, 5) is 152. The molecule has 8 atom stereocenters. The fourth-order valence-electron chi connectivity index (χ4n) is 11.4. The van der Waals surface area contributed by atoms with Crippen LogP contribution in [0.2, 0.25) is 0 Å². The van der Waals surface area contributed by atoms with Crippen molar-refractivity contribution in [2.45, 2.75) is 148 Å². The van der Waals surface area contributed by atoms with Crippen LogP contribution in [0.4, 0.5) is 8.78 Å². The third-order valence-electron chi connectivity index (χ3n) is 16.1. The van der Waals surface area contributed by atoms with Gasteiger partial charge < -0.3 is 66.3 Å². The predicted octanol–water partition coefficient (Wildman–Crippen LogP) is 4.43. The Morgan fingerprint density at radius 3 is 2.30 bits per heavy atom. The Hall–Kier alpha value is -7.97. The lowest BCUT2D eigenvalue weighted by atomic mass is 9.85. The van der Waals surface area contributed by atoms with Crippen LogP contribution in [0.15, 0.2) is 66.2 Å². The van der Waals surface area contributed by atoms with Crippen molar-refractivity contribution >= 4 is 82.6 Å². The van der Waals surface area contributed by atoms with E-state index in [0.29, 0.717) is 11.9 Å². The minimum Gasteiger partial charge on any atom is -0.488 e. The first-order valence-electron chi connectivity index (χ1n) is 28.9. The number of β-amino-alcohol motifs (C(OH)–C–C–N with tert-alkyl or cyclic N) is 1. The second kappa shape index (κ2) is 27.6. The number of carbonyl (C=O) groups is 9. The van der Waals surface area contributed by atoms with Crippen molar-refractivity contribution < 1.29 is 76.1 Å². The molecule has 3 fully saturated rings. The molecule has 5 aromatic rings. The van der Waals surface area contributed by atoms with Crippen LogP contribution < -0.4 is 31.7 Å². The molecule has 0 unspecified atom stereocenters. The van der Waals surface area contributed by atoms with Crippen LogP contribution in [0.3, 0.4) is 0 Å². The van der Waals surface area contributed by atoms with E-state index in [4.69, 9.17) is 10.5 Å². The number of fused-ring (bicyclic) bond motifs is 2. The molecule has 0 aliphatic carbocycles. The number of thiazole rings is 1. The first-order chi connectivity index (χ1) is 41.5. The lowest BCUT2D eigenvalue weighted by Crippen LogP contribution is -2.61. The number of likely N-dealkylation sites (tertiary alicyclic amines) is 1. The maximum atomic E-state index is 16.2. The minimum atomic E-state index is -5.12. The van der Waals surface area contributed by atoms with E-state index in [-0.39, 0.29) is 99.1 Å². The number of halogens is 2. The Morgan fingerprint density at radius 2 is 1.64 bits per heavy atom. The average Bonchev–Trinajstić information content (AvgIpc) is 1.89. The molecule has 2 aromatic heterocycles. The molecule has 8 rings (SSSR count). The largest absolute Gasteiger partial charge is 0.488 e. The van der Waals surface area contributed by atoms with Crippen LogP contribution in [-0.2, 0) is 44.5 Å². The average molecular weight is 1260 g/mol. The number of benzene rings is 3. The van der Waals surface area contributed by atoms with Gasteiger partial charge in [-0.1, -0.05) is 45.0 Å². The van der Waals surface area contributed by atoms with Crippen molar-refractivity contribution in [2.24, 2.45) is 11.1 Å². The highest BCUT2D eigenvalue weighted by atomic mass is 32.1. The van der Waals surface area contributed by atoms with Crippen LogP contribution in [0.25, 0.3) is 21.3 Å². The molecule has 0 saturated carbocycles. The molecule has 3 aliphatic heterocycles. The molecule has 24 nitrogen and oxygen atoms in total. The number of aryl methyl sites for hydroxylation is 2.